The molecule has 3 heterocycles. The lowest BCUT2D eigenvalue weighted by Gasteiger charge is -2.38. The fourth-order valence-electron chi connectivity index (χ4n) is 4.06. The van der Waals surface area contributed by atoms with E-state index >= 15 is 0 Å². The predicted octanol–water partition coefficient (Wildman–Crippen LogP) is 3.63. The first-order chi connectivity index (χ1) is 18.1. The minimum atomic E-state index is -0.603. The van der Waals surface area contributed by atoms with E-state index in [1.807, 2.05) is 4.90 Å². The van der Waals surface area contributed by atoms with Crippen molar-refractivity contribution in [2.75, 3.05) is 25.0 Å². The van der Waals surface area contributed by atoms with Crippen LogP contribution in [0, 0.1) is 16.2 Å². The van der Waals surface area contributed by atoms with Crippen LogP contribution >= 0.6 is 23.4 Å². The molecule has 4 rings (SSSR count). The topological polar surface area (TPSA) is 166 Å². The molecule has 0 atom stereocenters. The number of carbonyl (C=O) groups excluding carboxylic acids is 1. The van der Waals surface area contributed by atoms with E-state index in [1.165, 1.54) is 10.5 Å². The van der Waals surface area contributed by atoms with Crippen LogP contribution in [0.15, 0.2) is 69.4 Å². The van der Waals surface area contributed by atoms with Crippen LogP contribution < -0.4 is 22.3 Å². The molecule has 0 spiro atoms. The summed E-state index contributed by atoms with van der Waals surface area (Å²) in [6.45, 7) is 4.04. The Bertz CT molecular complexity index is 1490. The van der Waals surface area contributed by atoms with Gasteiger partial charge in [0.1, 0.15) is 10.6 Å². The van der Waals surface area contributed by atoms with Crippen LogP contribution in [0.4, 0.5) is 5.69 Å². The number of hydrogen-bond acceptors (Lipinski definition) is 6. The van der Waals surface area contributed by atoms with Crippen LogP contribution in [-0.4, -0.2) is 51.7 Å². The lowest BCUT2D eigenvalue weighted by molar-refractivity contribution is 0.102. The molecule has 1 aliphatic heterocycles. The molecule has 1 aromatic carbocycles. The van der Waals surface area contributed by atoms with Crippen molar-refractivity contribution in [1.82, 2.24) is 9.30 Å². The monoisotopic (exact) mass is 552 g/mol. The normalized spacial score (nSPS) is 15.3. The van der Waals surface area contributed by atoms with E-state index in [2.05, 4.69) is 17.2 Å². The maximum Gasteiger partial charge on any atom is 0.267 e. The highest BCUT2D eigenvalue weighted by molar-refractivity contribution is 8.15. The summed E-state index contributed by atoms with van der Waals surface area (Å²) in [7, 11) is 0. The van der Waals surface area contributed by atoms with Gasteiger partial charge < -0.3 is 21.7 Å². The van der Waals surface area contributed by atoms with Crippen LogP contribution in [0.3, 0.4) is 0 Å². The third-order valence-electron chi connectivity index (χ3n) is 6.65. The number of nitrogens with one attached hydrogen (secondary N) is 3. The molecule has 1 saturated heterocycles. The Kier molecular flexibility index (Phi) is 8.20. The van der Waals surface area contributed by atoms with Crippen molar-refractivity contribution in [3.8, 4) is 0 Å². The Morgan fingerprint density at radius 3 is 2.61 bits per heavy atom. The molecule has 0 saturated carbocycles. The number of fused-ring (bicyclic) bond motifs is 1. The molecule has 38 heavy (non-hydrogen) atoms. The summed E-state index contributed by atoms with van der Waals surface area (Å²) in [4.78, 5) is 32.1. The van der Waals surface area contributed by atoms with E-state index in [0.717, 1.165) is 24.6 Å². The fraction of sp³-hybridized carbons (Fsp3) is 0.269. The summed E-state index contributed by atoms with van der Waals surface area (Å²) in [5.74, 6) is -0.711. The second-order valence-corrected chi connectivity index (χ2v) is 10.8. The van der Waals surface area contributed by atoms with Gasteiger partial charge in [0.25, 0.3) is 11.5 Å². The number of thioether (sulfide) groups is 1. The fourth-order valence-corrected chi connectivity index (χ4v) is 5.06. The lowest BCUT2D eigenvalue weighted by atomic mass is 9.81. The van der Waals surface area contributed by atoms with Crippen molar-refractivity contribution in [1.29, 1.82) is 10.8 Å². The Morgan fingerprint density at radius 1 is 1.16 bits per heavy atom. The van der Waals surface area contributed by atoms with Gasteiger partial charge in [-0.05, 0) is 61.2 Å². The molecule has 0 radical (unpaired) electrons. The molecule has 10 nitrogen and oxygen atoms in total. The first kappa shape index (κ1) is 27.4. The van der Waals surface area contributed by atoms with Gasteiger partial charge in [-0.2, -0.15) is 4.99 Å². The molecule has 1 amide bonds. The van der Waals surface area contributed by atoms with Gasteiger partial charge in [0, 0.05) is 29.7 Å². The lowest BCUT2D eigenvalue weighted by Crippen LogP contribution is -2.44. The number of hydrogen-bond donors (Lipinski definition) is 5. The van der Waals surface area contributed by atoms with Crippen molar-refractivity contribution >= 4 is 57.3 Å². The first-order valence-electron chi connectivity index (χ1n) is 12.0. The molecule has 7 N–H and O–H groups in total. The van der Waals surface area contributed by atoms with Gasteiger partial charge in [-0.3, -0.25) is 24.8 Å². The Labute approximate surface area is 229 Å². The molecule has 198 valence electrons. The van der Waals surface area contributed by atoms with Crippen molar-refractivity contribution in [2.24, 2.45) is 21.9 Å². The SMILES string of the molecule is CC1(CN)CCN(C(=N)/N=C(/N)C(=N)Sc2cccc(NC(=O)c3ccc4ccccn4c3=O)c2Cl)CC1. The number of amidine groups is 1. The van der Waals surface area contributed by atoms with Crippen molar-refractivity contribution < 1.29 is 4.79 Å². The van der Waals surface area contributed by atoms with Gasteiger partial charge in [-0.1, -0.05) is 42.4 Å². The van der Waals surface area contributed by atoms with Crippen molar-refractivity contribution in [2.45, 2.75) is 24.7 Å². The number of carbonyl (C=O) groups is 1. The molecule has 0 bridgehead atoms. The molecule has 0 aliphatic carbocycles. The quantitative estimate of drug-likeness (QED) is 0.188. The highest BCUT2D eigenvalue weighted by Gasteiger charge is 2.29. The van der Waals surface area contributed by atoms with E-state index in [9.17, 15) is 9.59 Å². The van der Waals surface area contributed by atoms with E-state index in [0.29, 0.717) is 30.0 Å². The third kappa shape index (κ3) is 5.90. The highest BCUT2D eigenvalue weighted by Crippen LogP contribution is 2.34. The highest BCUT2D eigenvalue weighted by atomic mass is 35.5. The second kappa shape index (κ2) is 11.4. The maximum absolute atomic E-state index is 12.9. The standard InChI is InChI=1S/C26H29ClN8O2S/c1-26(15-28)10-13-34(14-11-26)25(31)33-21(29)22(30)38-19-7-4-6-18(20(19)27)32-23(36)17-9-8-16-5-2-3-12-35(16)24(17)37/h2-9,12,30H,10-11,13-15,28H2,1H3,(H,32,36)(H3,29,31,33). The van der Waals surface area contributed by atoms with Crippen LogP contribution in [-0.2, 0) is 0 Å². The van der Waals surface area contributed by atoms with Gasteiger partial charge in [0.2, 0.25) is 5.96 Å². The number of amides is 1. The van der Waals surface area contributed by atoms with Gasteiger partial charge in [-0.25, -0.2) is 0 Å². The van der Waals surface area contributed by atoms with E-state index < -0.39 is 11.5 Å². The molecule has 3 aromatic rings. The molecule has 1 aliphatic rings. The average Bonchev–Trinajstić information content (AvgIpc) is 2.91. The van der Waals surface area contributed by atoms with Crippen LogP contribution in [0.5, 0.6) is 0 Å². The summed E-state index contributed by atoms with van der Waals surface area (Å²) in [5.41, 5.74) is 12.4. The number of anilines is 1. The second-order valence-electron chi connectivity index (χ2n) is 9.37. The number of nitrogens with zero attached hydrogens (tertiary/aromatic N) is 3. The summed E-state index contributed by atoms with van der Waals surface area (Å²) in [5, 5.41) is 19.4. The number of halogens is 1. The Balaban J connectivity index is 1.44. The zero-order valence-corrected chi connectivity index (χ0v) is 22.4. The number of rotatable bonds is 4. The minimum absolute atomic E-state index is 0.000652. The number of aliphatic imine (C=N–C) groups is 1. The summed E-state index contributed by atoms with van der Waals surface area (Å²) in [6.07, 6.45) is 3.30. The van der Waals surface area contributed by atoms with Crippen molar-refractivity contribution in [3.63, 3.8) is 0 Å². The Hall–Kier alpha value is -3.67. The van der Waals surface area contributed by atoms with Crippen LogP contribution in [0.25, 0.3) is 5.52 Å². The smallest absolute Gasteiger partial charge is 0.267 e. The number of nitrogens with two attached hydrogens (primary N) is 2. The van der Waals surface area contributed by atoms with Gasteiger partial charge in [0.05, 0.1) is 10.7 Å². The van der Waals surface area contributed by atoms with Crippen LogP contribution in [0.2, 0.25) is 5.02 Å². The number of benzene rings is 1. The zero-order chi connectivity index (χ0) is 27.4. The molecular weight excluding hydrogens is 524 g/mol. The van der Waals surface area contributed by atoms with Crippen LogP contribution in [0.1, 0.15) is 30.1 Å². The van der Waals surface area contributed by atoms with Crippen molar-refractivity contribution in [3.05, 3.63) is 75.7 Å². The number of guanidine groups is 1. The average molecular weight is 553 g/mol. The maximum atomic E-state index is 12.9. The number of likely N-dealkylation sites (tertiary alicyclic amines) is 1. The summed E-state index contributed by atoms with van der Waals surface area (Å²) in [6, 6.07) is 13.4. The van der Waals surface area contributed by atoms with Gasteiger partial charge in [-0.15, -0.1) is 0 Å². The minimum Gasteiger partial charge on any atom is -0.381 e. The zero-order valence-electron chi connectivity index (χ0n) is 20.8. The molecule has 1 fully saturated rings. The molecule has 0 unspecified atom stereocenters. The van der Waals surface area contributed by atoms with E-state index in [4.69, 9.17) is 33.9 Å². The molecule has 2 aromatic heterocycles. The molecule has 12 heteroatoms. The third-order valence-corrected chi connectivity index (χ3v) is 8.14. The Morgan fingerprint density at radius 2 is 1.89 bits per heavy atom. The van der Waals surface area contributed by atoms with Gasteiger partial charge in [0.15, 0.2) is 5.84 Å². The first-order valence-corrected chi connectivity index (χ1v) is 13.2. The number of aromatic nitrogens is 1. The summed E-state index contributed by atoms with van der Waals surface area (Å²) >= 11 is 7.49. The summed E-state index contributed by atoms with van der Waals surface area (Å²) < 4.78 is 1.39. The largest absolute Gasteiger partial charge is 0.381 e. The van der Waals surface area contributed by atoms with E-state index in [-0.39, 0.29) is 38.5 Å². The predicted molar refractivity (Wildman–Crippen MR) is 154 cm³/mol. The van der Waals surface area contributed by atoms with Gasteiger partial charge >= 0.3 is 0 Å². The number of piperidine rings is 1. The van der Waals surface area contributed by atoms with E-state index in [1.54, 1.807) is 48.7 Å². The molecular formula is C26H29ClN8O2S. The number of pyridine rings is 2.